The van der Waals surface area contributed by atoms with Gasteiger partial charge in [0.05, 0.1) is 32.5 Å². The number of pyridine rings is 1. The standard InChI is InChI=1S/C27H21N3O6/c1-33-21-9-17-18(10-22(21)34-2)26(31)19-13-30(29-12-15-4-3-7-28-11-15)27(32)25(19)24(17)16-5-6-20-23(8-16)36-14-35-20/h3-12,31H,13-14H2,1-2H3. The first kappa shape index (κ1) is 21.7. The van der Waals surface area contributed by atoms with Crippen LogP contribution in [0.5, 0.6) is 28.7 Å². The van der Waals surface area contributed by atoms with Gasteiger partial charge in [-0.2, -0.15) is 5.10 Å². The molecule has 0 radical (unpaired) electrons. The number of ether oxygens (including phenoxy) is 4. The molecule has 0 saturated carbocycles. The topological polar surface area (TPSA) is 103 Å². The minimum absolute atomic E-state index is 0.00197. The number of hydrogen-bond acceptors (Lipinski definition) is 8. The van der Waals surface area contributed by atoms with E-state index in [4.69, 9.17) is 18.9 Å². The zero-order chi connectivity index (χ0) is 24.8. The number of carbonyl (C=O) groups is 1. The number of nitrogens with zero attached hydrogens (tertiary/aromatic N) is 3. The number of methoxy groups -OCH3 is 2. The Morgan fingerprint density at radius 3 is 2.56 bits per heavy atom. The molecule has 0 unspecified atom stereocenters. The third-order valence-corrected chi connectivity index (χ3v) is 6.33. The first-order chi connectivity index (χ1) is 17.6. The van der Waals surface area contributed by atoms with Gasteiger partial charge >= 0.3 is 0 Å². The third kappa shape index (κ3) is 3.36. The van der Waals surface area contributed by atoms with Crippen LogP contribution < -0.4 is 18.9 Å². The predicted molar refractivity (Wildman–Crippen MR) is 132 cm³/mol. The molecule has 2 aliphatic heterocycles. The van der Waals surface area contributed by atoms with E-state index in [-0.39, 0.29) is 25.0 Å². The number of carbonyl (C=O) groups excluding carboxylic acids is 1. The quantitative estimate of drug-likeness (QED) is 0.421. The minimum atomic E-state index is -0.329. The van der Waals surface area contributed by atoms with Crippen LogP contribution in [0.4, 0.5) is 0 Å². The SMILES string of the molecule is COc1cc2c(O)c3c(c(-c4ccc5c(c4)OCO5)c2cc1OC)C(=O)N(N=Cc1cccnc1)C3. The number of aromatic hydroxyl groups is 1. The molecule has 1 amide bonds. The fourth-order valence-corrected chi connectivity index (χ4v) is 4.62. The summed E-state index contributed by atoms with van der Waals surface area (Å²) in [6, 6.07) is 12.6. The summed E-state index contributed by atoms with van der Waals surface area (Å²) in [5.74, 6) is 1.82. The summed E-state index contributed by atoms with van der Waals surface area (Å²) < 4.78 is 22.1. The van der Waals surface area contributed by atoms with Gasteiger partial charge in [-0.25, -0.2) is 5.01 Å². The highest BCUT2D eigenvalue weighted by atomic mass is 16.7. The van der Waals surface area contributed by atoms with Crippen LogP contribution in [0.2, 0.25) is 0 Å². The second-order valence-corrected chi connectivity index (χ2v) is 8.29. The molecule has 36 heavy (non-hydrogen) atoms. The fourth-order valence-electron chi connectivity index (χ4n) is 4.62. The molecule has 9 nitrogen and oxygen atoms in total. The Balaban J connectivity index is 1.58. The number of phenols is 1. The van der Waals surface area contributed by atoms with Crippen molar-refractivity contribution in [1.29, 1.82) is 0 Å². The number of hydrazone groups is 1. The van der Waals surface area contributed by atoms with Crippen LogP contribution in [0.3, 0.4) is 0 Å². The Hall–Kier alpha value is -4.79. The van der Waals surface area contributed by atoms with E-state index in [1.165, 1.54) is 19.2 Å². The summed E-state index contributed by atoms with van der Waals surface area (Å²) >= 11 is 0. The van der Waals surface area contributed by atoms with Gasteiger partial charge in [0.1, 0.15) is 5.75 Å². The summed E-state index contributed by atoms with van der Waals surface area (Å²) in [4.78, 5) is 17.8. The van der Waals surface area contributed by atoms with Crippen LogP contribution in [0.1, 0.15) is 21.5 Å². The smallest absolute Gasteiger partial charge is 0.275 e. The number of amides is 1. The molecule has 4 aromatic rings. The van der Waals surface area contributed by atoms with Crippen LogP contribution in [-0.2, 0) is 6.54 Å². The Bertz CT molecular complexity index is 1550. The fraction of sp³-hybridized carbons (Fsp3) is 0.148. The van der Waals surface area contributed by atoms with Crippen LogP contribution >= 0.6 is 0 Å². The second kappa shape index (κ2) is 8.46. The van der Waals surface area contributed by atoms with Crippen LogP contribution in [0, 0.1) is 0 Å². The van der Waals surface area contributed by atoms with Crippen LogP contribution in [0.25, 0.3) is 21.9 Å². The van der Waals surface area contributed by atoms with Gasteiger partial charge in [0.2, 0.25) is 6.79 Å². The van der Waals surface area contributed by atoms with Gasteiger partial charge in [0.25, 0.3) is 5.91 Å². The molecular weight excluding hydrogens is 462 g/mol. The largest absolute Gasteiger partial charge is 0.507 e. The number of hydrogen-bond donors (Lipinski definition) is 1. The van der Waals surface area contributed by atoms with Crippen LogP contribution in [0.15, 0.2) is 60.0 Å². The molecule has 0 aliphatic carbocycles. The van der Waals surface area contributed by atoms with Gasteiger partial charge in [-0.15, -0.1) is 0 Å². The van der Waals surface area contributed by atoms with Gasteiger partial charge in [0, 0.05) is 34.5 Å². The van der Waals surface area contributed by atoms with E-state index >= 15 is 0 Å². The summed E-state index contributed by atoms with van der Waals surface area (Å²) in [6.45, 7) is 0.243. The lowest BCUT2D eigenvalue weighted by atomic mass is 9.89. The van der Waals surface area contributed by atoms with E-state index in [0.29, 0.717) is 50.5 Å². The van der Waals surface area contributed by atoms with Crippen molar-refractivity contribution in [2.24, 2.45) is 5.10 Å². The molecule has 3 aromatic carbocycles. The summed E-state index contributed by atoms with van der Waals surface area (Å²) in [5, 5.41) is 18.2. The lowest BCUT2D eigenvalue weighted by Crippen LogP contribution is -2.18. The zero-order valence-corrected chi connectivity index (χ0v) is 19.5. The van der Waals surface area contributed by atoms with Crippen molar-refractivity contribution in [1.82, 2.24) is 9.99 Å². The predicted octanol–water partition coefficient (Wildman–Crippen LogP) is 4.34. The maximum absolute atomic E-state index is 13.7. The Morgan fingerprint density at radius 2 is 1.81 bits per heavy atom. The second-order valence-electron chi connectivity index (χ2n) is 8.29. The molecule has 1 aromatic heterocycles. The molecular formula is C27H21N3O6. The van der Waals surface area contributed by atoms with Gasteiger partial charge in [-0.05, 0) is 41.3 Å². The average Bonchev–Trinajstić information content (AvgIpc) is 3.52. The maximum atomic E-state index is 13.7. The lowest BCUT2D eigenvalue weighted by Gasteiger charge is -2.17. The average molecular weight is 483 g/mol. The van der Waals surface area contributed by atoms with Gasteiger partial charge in [-0.1, -0.05) is 12.1 Å². The molecule has 0 bridgehead atoms. The van der Waals surface area contributed by atoms with Crippen molar-refractivity contribution in [2.75, 3.05) is 21.0 Å². The highest BCUT2D eigenvalue weighted by molar-refractivity contribution is 6.15. The molecule has 0 atom stereocenters. The highest BCUT2D eigenvalue weighted by Crippen LogP contribution is 2.49. The van der Waals surface area contributed by atoms with E-state index in [1.54, 1.807) is 42.9 Å². The van der Waals surface area contributed by atoms with Crippen molar-refractivity contribution < 1.29 is 28.8 Å². The maximum Gasteiger partial charge on any atom is 0.275 e. The molecule has 0 spiro atoms. The number of rotatable bonds is 5. The number of benzene rings is 3. The zero-order valence-electron chi connectivity index (χ0n) is 19.5. The van der Waals surface area contributed by atoms with Gasteiger partial charge in [0.15, 0.2) is 23.0 Å². The van der Waals surface area contributed by atoms with E-state index in [1.807, 2.05) is 18.2 Å². The van der Waals surface area contributed by atoms with Crippen molar-refractivity contribution in [3.63, 3.8) is 0 Å². The molecule has 180 valence electrons. The minimum Gasteiger partial charge on any atom is -0.507 e. The highest BCUT2D eigenvalue weighted by Gasteiger charge is 2.36. The monoisotopic (exact) mass is 483 g/mol. The molecule has 1 N–H and O–H groups in total. The van der Waals surface area contributed by atoms with E-state index in [2.05, 4.69) is 10.1 Å². The lowest BCUT2D eigenvalue weighted by molar-refractivity contribution is 0.0785. The molecule has 2 aliphatic rings. The Kier molecular flexibility index (Phi) is 5.10. The van der Waals surface area contributed by atoms with Gasteiger partial charge in [-0.3, -0.25) is 9.78 Å². The molecule has 0 saturated heterocycles. The van der Waals surface area contributed by atoms with Crippen molar-refractivity contribution >= 4 is 22.9 Å². The van der Waals surface area contributed by atoms with E-state index in [9.17, 15) is 9.90 Å². The van der Waals surface area contributed by atoms with Crippen molar-refractivity contribution in [2.45, 2.75) is 6.54 Å². The number of aromatic nitrogens is 1. The normalized spacial score (nSPS) is 14.1. The van der Waals surface area contributed by atoms with Gasteiger partial charge < -0.3 is 24.1 Å². The summed E-state index contributed by atoms with van der Waals surface area (Å²) in [7, 11) is 3.07. The van der Waals surface area contributed by atoms with E-state index < -0.39 is 0 Å². The summed E-state index contributed by atoms with van der Waals surface area (Å²) in [5.41, 5.74) is 2.98. The summed E-state index contributed by atoms with van der Waals surface area (Å²) in [6.07, 6.45) is 4.89. The van der Waals surface area contributed by atoms with Crippen molar-refractivity contribution in [3.05, 3.63) is 71.5 Å². The number of fused-ring (bicyclic) bond motifs is 3. The number of phenolic OH excluding ortho intramolecular Hbond substituents is 1. The third-order valence-electron chi connectivity index (χ3n) is 6.33. The molecule has 6 rings (SSSR count). The van der Waals surface area contributed by atoms with Crippen molar-refractivity contribution in [3.8, 4) is 39.9 Å². The molecule has 9 heteroatoms. The Morgan fingerprint density at radius 1 is 1.03 bits per heavy atom. The van der Waals surface area contributed by atoms with E-state index in [0.717, 1.165) is 11.1 Å². The molecule has 0 fully saturated rings. The van der Waals surface area contributed by atoms with Crippen LogP contribution in [-0.4, -0.2) is 48.2 Å². The molecule has 3 heterocycles. The Labute approximate surface area is 206 Å². The first-order valence-electron chi connectivity index (χ1n) is 11.2. The first-order valence-corrected chi connectivity index (χ1v) is 11.2.